The van der Waals surface area contributed by atoms with Gasteiger partial charge in [-0.25, -0.2) is 0 Å². The van der Waals surface area contributed by atoms with Crippen molar-refractivity contribution in [3.8, 4) is 0 Å². The van der Waals surface area contributed by atoms with Gasteiger partial charge in [0, 0.05) is 13.2 Å². The molecule has 2 N–H and O–H groups in total. The summed E-state index contributed by atoms with van der Waals surface area (Å²) in [5.41, 5.74) is -0.598. The third-order valence-corrected chi connectivity index (χ3v) is 1.35. The summed E-state index contributed by atoms with van der Waals surface area (Å²) in [6, 6.07) is 0. The predicted octanol–water partition coefficient (Wildman–Crippen LogP) is 0.383. The highest BCUT2D eigenvalue weighted by molar-refractivity contribution is 4.63. The number of likely N-dealkylation sites (N-methyl/N-ethyl adjacent to an activating group) is 1. The summed E-state index contributed by atoms with van der Waals surface area (Å²) >= 11 is 0. The first kappa shape index (κ1) is 10.9. The van der Waals surface area contributed by atoms with E-state index < -0.39 is 5.60 Å². The van der Waals surface area contributed by atoms with Gasteiger partial charge in [0.25, 0.3) is 0 Å². The summed E-state index contributed by atoms with van der Waals surface area (Å²) in [4.78, 5) is 0. The van der Waals surface area contributed by atoms with Crippen LogP contribution in [0.15, 0.2) is 0 Å². The Morgan fingerprint density at radius 1 is 1.36 bits per heavy atom. The minimum Gasteiger partial charge on any atom is -0.390 e. The van der Waals surface area contributed by atoms with E-state index in [1.165, 1.54) is 0 Å². The molecule has 68 valence electrons. The molecular formula is C8H19NO2. The van der Waals surface area contributed by atoms with E-state index in [1.807, 2.05) is 7.05 Å². The van der Waals surface area contributed by atoms with E-state index in [9.17, 15) is 5.11 Å². The molecule has 0 aromatic rings. The van der Waals surface area contributed by atoms with Gasteiger partial charge < -0.3 is 15.2 Å². The van der Waals surface area contributed by atoms with Gasteiger partial charge in [-0.05, 0) is 27.3 Å². The molecule has 0 aromatic carbocycles. The van der Waals surface area contributed by atoms with Crippen molar-refractivity contribution in [3.63, 3.8) is 0 Å². The van der Waals surface area contributed by atoms with Crippen LogP contribution in [0.2, 0.25) is 0 Å². The second kappa shape index (κ2) is 5.52. The Morgan fingerprint density at radius 3 is 2.45 bits per heavy atom. The summed E-state index contributed by atoms with van der Waals surface area (Å²) in [6.07, 6.45) is 0.691. The molecule has 0 amide bonds. The minimum atomic E-state index is -0.598. The molecule has 0 fully saturated rings. The summed E-state index contributed by atoms with van der Waals surface area (Å²) in [5, 5.41) is 12.3. The molecule has 0 spiro atoms. The fourth-order valence-corrected chi connectivity index (χ4v) is 0.598. The quantitative estimate of drug-likeness (QED) is 0.553. The highest BCUT2D eigenvalue weighted by Gasteiger charge is 2.10. The molecular weight excluding hydrogens is 142 g/mol. The maximum absolute atomic E-state index is 9.28. The molecule has 0 unspecified atom stereocenters. The molecule has 0 saturated heterocycles. The maximum Gasteiger partial charge on any atom is 0.0613 e. The van der Waals surface area contributed by atoms with Crippen LogP contribution in [0.25, 0.3) is 0 Å². The molecule has 0 rings (SSSR count). The highest BCUT2D eigenvalue weighted by atomic mass is 16.5. The van der Waals surface area contributed by atoms with Crippen molar-refractivity contribution in [2.75, 3.05) is 26.8 Å². The van der Waals surface area contributed by atoms with Crippen LogP contribution >= 0.6 is 0 Å². The number of rotatable bonds is 6. The third kappa shape index (κ3) is 9.88. The lowest BCUT2D eigenvalue weighted by Crippen LogP contribution is -2.22. The molecule has 0 aliphatic carbocycles. The first-order valence-corrected chi connectivity index (χ1v) is 4.01. The van der Waals surface area contributed by atoms with Crippen molar-refractivity contribution < 1.29 is 9.84 Å². The Kier molecular flexibility index (Phi) is 5.46. The molecule has 0 aliphatic heterocycles. The van der Waals surface area contributed by atoms with Crippen LogP contribution in [-0.2, 0) is 4.74 Å². The molecule has 0 heterocycles. The standard InChI is InChI=1S/C8H19NO2/c1-8(2,10)4-6-11-7-5-9-3/h9-10H,4-7H2,1-3H3. The van der Waals surface area contributed by atoms with E-state index in [1.54, 1.807) is 13.8 Å². The van der Waals surface area contributed by atoms with Crippen LogP contribution in [0, 0.1) is 0 Å². The van der Waals surface area contributed by atoms with Crippen LogP contribution in [0.3, 0.4) is 0 Å². The molecule has 0 aliphatic rings. The highest BCUT2D eigenvalue weighted by Crippen LogP contribution is 2.05. The molecule has 11 heavy (non-hydrogen) atoms. The first-order chi connectivity index (χ1) is 5.06. The van der Waals surface area contributed by atoms with Gasteiger partial charge in [0.05, 0.1) is 12.2 Å². The van der Waals surface area contributed by atoms with Crippen LogP contribution in [0.4, 0.5) is 0 Å². The van der Waals surface area contributed by atoms with Crippen molar-refractivity contribution in [1.29, 1.82) is 0 Å². The van der Waals surface area contributed by atoms with E-state index >= 15 is 0 Å². The van der Waals surface area contributed by atoms with Crippen LogP contribution < -0.4 is 5.32 Å². The van der Waals surface area contributed by atoms with Crippen molar-refractivity contribution in [1.82, 2.24) is 5.32 Å². The fraction of sp³-hybridized carbons (Fsp3) is 1.00. The van der Waals surface area contributed by atoms with Gasteiger partial charge in [0.2, 0.25) is 0 Å². The van der Waals surface area contributed by atoms with Gasteiger partial charge in [-0.1, -0.05) is 0 Å². The zero-order chi connectivity index (χ0) is 8.74. The van der Waals surface area contributed by atoms with Gasteiger partial charge in [-0.15, -0.1) is 0 Å². The van der Waals surface area contributed by atoms with E-state index in [0.29, 0.717) is 19.6 Å². The number of hydrogen-bond acceptors (Lipinski definition) is 3. The van der Waals surface area contributed by atoms with Crippen molar-refractivity contribution >= 4 is 0 Å². The van der Waals surface area contributed by atoms with Gasteiger partial charge in [-0.3, -0.25) is 0 Å². The van der Waals surface area contributed by atoms with Crippen molar-refractivity contribution in [2.45, 2.75) is 25.9 Å². The van der Waals surface area contributed by atoms with Gasteiger partial charge in [0.15, 0.2) is 0 Å². The Labute approximate surface area is 68.8 Å². The Morgan fingerprint density at radius 2 is 2.00 bits per heavy atom. The Hall–Kier alpha value is -0.120. The second-order valence-corrected chi connectivity index (χ2v) is 3.28. The van der Waals surface area contributed by atoms with E-state index in [0.717, 1.165) is 6.54 Å². The van der Waals surface area contributed by atoms with Crippen LogP contribution in [0.1, 0.15) is 20.3 Å². The van der Waals surface area contributed by atoms with Gasteiger partial charge >= 0.3 is 0 Å². The SMILES string of the molecule is CNCCOCCC(C)(C)O. The van der Waals surface area contributed by atoms with Crippen LogP contribution in [0.5, 0.6) is 0 Å². The predicted molar refractivity (Wildman–Crippen MR) is 45.7 cm³/mol. The van der Waals surface area contributed by atoms with E-state index in [2.05, 4.69) is 5.32 Å². The lowest BCUT2D eigenvalue weighted by molar-refractivity contribution is 0.0293. The number of aliphatic hydroxyl groups is 1. The average Bonchev–Trinajstić information content (AvgIpc) is 1.85. The minimum absolute atomic E-state index is 0.598. The van der Waals surface area contributed by atoms with E-state index in [-0.39, 0.29) is 0 Å². The molecule has 0 atom stereocenters. The summed E-state index contributed by atoms with van der Waals surface area (Å²) in [5.74, 6) is 0. The van der Waals surface area contributed by atoms with Gasteiger partial charge in [-0.2, -0.15) is 0 Å². The smallest absolute Gasteiger partial charge is 0.0613 e. The fourth-order valence-electron chi connectivity index (χ4n) is 0.598. The molecule has 3 nitrogen and oxygen atoms in total. The zero-order valence-corrected chi connectivity index (χ0v) is 7.68. The topological polar surface area (TPSA) is 41.5 Å². The van der Waals surface area contributed by atoms with E-state index in [4.69, 9.17) is 4.74 Å². The Bertz CT molecular complexity index is 88.6. The number of ether oxygens (including phenoxy) is 1. The monoisotopic (exact) mass is 161 g/mol. The van der Waals surface area contributed by atoms with Gasteiger partial charge in [0.1, 0.15) is 0 Å². The second-order valence-electron chi connectivity index (χ2n) is 3.28. The lowest BCUT2D eigenvalue weighted by Gasteiger charge is -2.16. The number of nitrogens with one attached hydrogen (secondary N) is 1. The third-order valence-electron chi connectivity index (χ3n) is 1.35. The molecule has 0 bridgehead atoms. The maximum atomic E-state index is 9.28. The zero-order valence-electron chi connectivity index (χ0n) is 7.68. The summed E-state index contributed by atoms with van der Waals surface area (Å²) in [7, 11) is 1.89. The first-order valence-electron chi connectivity index (χ1n) is 4.01. The van der Waals surface area contributed by atoms with Crippen molar-refractivity contribution in [2.24, 2.45) is 0 Å². The molecule has 3 heteroatoms. The van der Waals surface area contributed by atoms with Crippen molar-refractivity contribution in [3.05, 3.63) is 0 Å². The normalized spacial score (nSPS) is 12.0. The average molecular weight is 161 g/mol. The van der Waals surface area contributed by atoms with Crippen LogP contribution in [-0.4, -0.2) is 37.5 Å². The number of hydrogen-bond donors (Lipinski definition) is 2. The summed E-state index contributed by atoms with van der Waals surface area (Å²) < 4.78 is 5.23. The summed E-state index contributed by atoms with van der Waals surface area (Å²) in [6.45, 7) is 5.78. The lowest BCUT2D eigenvalue weighted by atomic mass is 10.1. The largest absolute Gasteiger partial charge is 0.390 e. The molecule has 0 aromatic heterocycles. The molecule has 0 radical (unpaired) electrons. The molecule has 0 saturated carbocycles. The Balaban J connectivity index is 3.02.